The lowest BCUT2D eigenvalue weighted by atomic mass is 10.0. The summed E-state index contributed by atoms with van der Waals surface area (Å²) in [6.07, 6.45) is 0. The van der Waals surface area contributed by atoms with Gasteiger partial charge in [0.25, 0.3) is 0 Å². The monoisotopic (exact) mass is 469 g/mol. The van der Waals surface area contributed by atoms with Gasteiger partial charge in [0, 0.05) is 47.2 Å². The van der Waals surface area contributed by atoms with E-state index in [1.54, 1.807) is 17.4 Å². The highest BCUT2D eigenvalue weighted by molar-refractivity contribution is 9.10. The summed E-state index contributed by atoms with van der Waals surface area (Å²) in [5.41, 5.74) is 0.293. The highest BCUT2D eigenvalue weighted by Crippen LogP contribution is 2.42. The van der Waals surface area contributed by atoms with Crippen LogP contribution in [0.15, 0.2) is 34.1 Å². The first-order valence-electron chi connectivity index (χ1n) is 7.23. The van der Waals surface area contributed by atoms with Crippen LogP contribution in [0.3, 0.4) is 0 Å². The third-order valence-electron chi connectivity index (χ3n) is 3.90. The molecule has 10 heteroatoms. The zero-order valence-electron chi connectivity index (χ0n) is 13.1. The molecule has 2 N–H and O–H groups in total. The van der Waals surface area contributed by atoms with Gasteiger partial charge in [0.05, 0.1) is 11.0 Å². The summed E-state index contributed by atoms with van der Waals surface area (Å²) in [6, 6.07) is 6.88. The number of nitro benzene ring substituents is 1. The van der Waals surface area contributed by atoms with Crippen molar-refractivity contribution >= 4 is 57.8 Å². The maximum Gasteiger partial charge on any atom is 0.312 e. The van der Waals surface area contributed by atoms with Crippen LogP contribution in [-0.2, 0) is 0 Å². The van der Waals surface area contributed by atoms with Crippen molar-refractivity contribution in [2.45, 2.75) is 6.04 Å². The number of phenols is 1. The minimum atomic E-state index is -0.549. The van der Waals surface area contributed by atoms with Crippen molar-refractivity contribution in [3.05, 3.63) is 54.7 Å². The SMILES string of the molecule is Cl.Cl.O=[N+]([O-])c1cc(Br)cc([C@@H](c2cccs2)N2CCNCC2)c1O. The molecule has 2 heterocycles. The van der Waals surface area contributed by atoms with Crippen LogP contribution in [-0.4, -0.2) is 41.1 Å². The Hall–Kier alpha value is -0.900. The number of hydrogen-bond donors (Lipinski definition) is 2. The average molecular weight is 471 g/mol. The van der Waals surface area contributed by atoms with Crippen molar-refractivity contribution in [1.82, 2.24) is 10.2 Å². The molecule has 138 valence electrons. The highest BCUT2D eigenvalue weighted by atomic mass is 79.9. The second-order valence-corrected chi connectivity index (χ2v) is 7.22. The standard InChI is InChI=1S/C15H16BrN3O3S.2ClH/c16-10-8-11(15(20)12(9-10)19(21)22)14(13-2-1-7-23-13)18-5-3-17-4-6-18;;/h1-2,7-9,14,17,20H,3-6H2;2*1H/t14-;;/m0../s1. The number of rotatable bonds is 4. The zero-order chi connectivity index (χ0) is 16.4. The lowest BCUT2D eigenvalue weighted by Crippen LogP contribution is -2.45. The summed E-state index contributed by atoms with van der Waals surface area (Å²) >= 11 is 4.92. The molecule has 6 nitrogen and oxygen atoms in total. The summed E-state index contributed by atoms with van der Waals surface area (Å²) in [7, 11) is 0. The molecular weight excluding hydrogens is 453 g/mol. The molecule has 0 saturated carbocycles. The number of halogens is 3. The average Bonchev–Trinajstić information content (AvgIpc) is 3.05. The van der Waals surface area contributed by atoms with Crippen molar-refractivity contribution < 1.29 is 10.0 Å². The van der Waals surface area contributed by atoms with Crippen LogP contribution < -0.4 is 5.32 Å². The van der Waals surface area contributed by atoms with E-state index in [1.807, 2.05) is 17.5 Å². The topological polar surface area (TPSA) is 78.6 Å². The number of nitrogens with one attached hydrogen (secondary N) is 1. The fourth-order valence-electron chi connectivity index (χ4n) is 2.87. The Morgan fingerprint density at radius 3 is 2.56 bits per heavy atom. The Bertz CT molecular complexity index is 712. The Labute approximate surface area is 170 Å². The van der Waals surface area contributed by atoms with E-state index in [1.165, 1.54) is 6.07 Å². The van der Waals surface area contributed by atoms with Crippen molar-refractivity contribution in [3.63, 3.8) is 0 Å². The van der Waals surface area contributed by atoms with Gasteiger partial charge in [-0.05, 0) is 17.5 Å². The molecule has 0 amide bonds. The molecule has 1 aromatic heterocycles. The lowest BCUT2D eigenvalue weighted by Gasteiger charge is -2.35. The number of phenolic OH excluding ortho intramolecular Hbond substituents is 1. The fourth-order valence-corrected chi connectivity index (χ4v) is 4.21. The molecule has 1 aliphatic heterocycles. The fraction of sp³-hybridized carbons (Fsp3) is 0.333. The lowest BCUT2D eigenvalue weighted by molar-refractivity contribution is -0.386. The van der Waals surface area contributed by atoms with Crippen molar-refractivity contribution in [3.8, 4) is 5.75 Å². The minimum absolute atomic E-state index is 0. The molecule has 0 unspecified atom stereocenters. The summed E-state index contributed by atoms with van der Waals surface area (Å²) in [5, 5.41) is 27.0. The third-order valence-corrected chi connectivity index (χ3v) is 5.29. The molecule has 0 aliphatic carbocycles. The number of thiophene rings is 1. The van der Waals surface area contributed by atoms with Crippen LogP contribution in [0.1, 0.15) is 16.5 Å². The number of nitro groups is 1. The van der Waals surface area contributed by atoms with Crippen LogP contribution in [0.4, 0.5) is 5.69 Å². The van der Waals surface area contributed by atoms with Gasteiger partial charge >= 0.3 is 5.69 Å². The van der Waals surface area contributed by atoms with Crippen molar-refractivity contribution in [2.24, 2.45) is 0 Å². The van der Waals surface area contributed by atoms with Gasteiger partial charge in [-0.25, -0.2) is 0 Å². The first kappa shape index (κ1) is 22.1. The minimum Gasteiger partial charge on any atom is -0.502 e. The van der Waals surface area contributed by atoms with Gasteiger partial charge in [0.15, 0.2) is 5.75 Å². The normalized spacial score (nSPS) is 15.7. The predicted molar refractivity (Wildman–Crippen MR) is 108 cm³/mol. The first-order chi connectivity index (χ1) is 11.1. The molecule has 0 spiro atoms. The summed E-state index contributed by atoms with van der Waals surface area (Å²) in [4.78, 5) is 14.0. The third kappa shape index (κ3) is 4.84. The molecule has 1 aliphatic rings. The molecule has 1 saturated heterocycles. The van der Waals surface area contributed by atoms with Crippen molar-refractivity contribution in [2.75, 3.05) is 26.2 Å². The van der Waals surface area contributed by atoms with E-state index in [0.29, 0.717) is 10.0 Å². The van der Waals surface area contributed by atoms with E-state index in [0.717, 1.165) is 31.1 Å². The first-order valence-corrected chi connectivity index (χ1v) is 8.90. The van der Waals surface area contributed by atoms with Gasteiger partial charge in [-0.2, -0.15) is 0 Å². The van der Waals surface area contributed by atoms with Crippen LogP contribution in [0, 0.1) is 10.1 Å². The zero-order valence-corrected chi connectivity index (χ0v) is 17.1. The van der Waals surface area contributed by atoms with Gasteiger partial charge in [-0.1, -0.05) is 22.0 Å². The molecule has 3 rings (SSSR count). The smallest absolute Gasteiger partial charge is 0.312 e. The molecule has 2 aromatic rings. The number of piperazine rings is 1. The van der Waals surface area contributed by atoms with Crippen LogP contribution in [0.5, 0.6) is 5.75 Å². The number of nitrogens with zero attached hydrogens (tertiary/aromatic N) is 2. The van der Waals surface area contributed by atoms with Gasteiger partial charge in [0.1, 0.15) is 0 Å². The van der Waals surface area contributed by atoms with Gasteiger partial charge in [-0.3, -0.25) is 15.0 Å². The molecule has 0 radical (unpaired) electrons. The van der Waals surface area contributed by atoms with Crippen LogP contribution in [0.2, 0.25) is 0 Å². The van der Waals surface area contributed by atoms with E-state index in [2.05, 4.69) is 26.1 Å². The van der Waals surface area contributed by atoms with Gasteiger partial charge in [0.2, 0.25) is 0 Å². The summed E-state index contributed by atoms with van der Waals surface area (Å²) < 4.78 is 0.591. The molecule has 25 heavy (non-hydrogen) atoms. The summed E-state index contributed by atoms with van der Waals surface area (Å²) in [5.74, 6) is -0.255. The highest BCUT2D eigenvalue weighted by Gasteiger charge is 2.30. The quantitative estimate of drug-likeness (QED) is 0.522. The van der Waals surface area contributed by atoms with Gasteiger partial charge < -0.3 is 10.4 Å². The molecule has 0 bridgehead atoms. The molecule has 1 aromatic carbocycles. The Morgan fingerprint density at radius 1 is 1.32 bits per heavy atom. The molecule has 1 atom stereocenters. The van der Waals surface area contributed by atoms with E-state index in [4.69, 9.17) is 0 Å². The van der Waals surface area contributed by atoms with E-state index < -0.39 is 4.92 Å². The maximum absolute atomic E-state index is 11.2. The Balaban J connectivity index is 0.00000156. The largest absolute Gasteiger partial charge is 0.502 e. The van der Waals surface area contributed by atoms with Crippen LogP contribution >= 0.6 is 52.1 Å². The number of aromatic hydroxyl groups is 1. The second-order valence-electron chi connectivity index (χ2n) is 5.32. The van der Waals surface area contributed by atoms with E-state index in [9.17, 15) is 15.2 Å². The molecule has 1 fully saturated rings. The Morgan fingerprint density at radius 2 is 2.00 bits per heavy atom. The predicted octanol–water partition coefficient (Wildman–Crippen LogP) is 3.96. The maximum atomic E-state index is 11.2. The van der Waals surface area contributed by atoms with Crippen molar-refractivity contribution in [1.29, 1.82) is 0 Å². The molecular formula is C15H18BrCl2N3O3S. The van der Waals surface area contributed by atoms with E-state index >= 15 is 0 Å². The second kappa shape index (κ2) is 9.70. The number of benzene rings is 1. The van der Waals surface area contributed by atoms with Crippen LogP contribution in [0.25, 0.3) is 0 Å². The van der Waals surface area contributed by atoms with Gasteiger partial charge in [-0.15, -0.1) is 36.2 Å². The summed E-state index contributed by atoms with van der Waals surface area (Å²) in [6.45, 7) is 3.36. The number of hydrogen-bond acceptors (Lipinski definition) is 6. The Kier molecular flexibility index (Phi) is 8.59. The van der Waals surface area contributed by atoms with E-state index in [-0.39, 0.29) is 42.3 Å².